The van der Waals surface area contributed by atoms with Gasteiger partial charge in [0.25, 0.3) is 5.91 Å². The number of thiazole rings is 1. The lowest BCUT2D eigenvalue weighted by molar-refractivity contribution is -0.143. The Morgan fingerprint density at radius 3 is 2.35 bits per heavy atom. The normalized spacial score (nSPS) is 11.5. The first-order valence-electron chi connectivity index (χ1n) is 9.34. The van der Waals surface area contributed by atoms with Gasteiger partial charge in [-0.05, 0) is 44.2 Å². The van der Waals surface area contributed by atoms with Crippen molar-refractivity contribution >= 4 is 39.4 Å². The van der Waals surface area contributed by atoms with Crippen molar-refractivity contribution in [3.63, 3.8) is 0 Å². The molecule has 3 aromatic rings. The smallest absolute Gasteiger partial charge is 0.338 e. The van der Waals surface area contributed by atoms with Crippen LogP contribution in [0.5, 0.6) is 0 Å². The van der Waals surface area contributed by atoms with E-state index in [9.17, 15) is 23.2 Å². The van der Waals surface area contributed by atoms with E-state index in [1.807, 2.05) is 0 Å². The number of ether oxygens (including phenoxy) is 2. The molecular formula is C21H18F2N2O5S. The molecule has 0 N–H and O–H groups in total. The van der Waals surface area contributed by atoms with Crippen molar-refractivity contribution < 1.29 is 32.6 Å². The highest BCUT2D eigenvalue weighted by atomic mass is 32.1. The lowest BCUT2D eigenvalue weighted by Crippen LogP contribution is -2.23. The summed E-state index contributed by atoms with van der Waals surface area (Å²) in [4.78, 5) is 40.5. The van der Waals surface area contributed by atoms with E-state index in [1.54, 1.807) is 19.9 Å². The standard InChI is InChI=1S/C21H18F2N2O5S/c1-3-29-17(26)11-25-15-9-8-12(20(28)30-4-2)10-16(15)31-21(25)24-19(27)18-13(22)6-5-7-14(18)23/h5-10H,3-4,11H2,1-2H3. The van der Waals surface area contributed by atoms with Crippen LogP contribution in [0.25, 0.3) is 10.2 Å². The predicted octanol–water partition coefficient (Wildman–Crippen LogP) is 3.46. The molecule has 3 rings (SSSR count). The predicted molar refractivity (Wildman–Crippen MR) is 109 cm³/mol. The number of carbonyl (C=O) groups is 3. The van der Waals surface area contributed by atoms with Crippen LogP contribution in [0.4, 0.5) is 8.78 Å². The summed E-state index contributed by atoms with van der Waals surface area (Å²) >= 11 is 0.983. The Hall–Kier alpha value is -3.40. The topological polar surface area (TPSA) is 87.0 Å². The highest BCUT2D eigenvalue weighted by Crippen LogP contribution is 2.21. The third-order valence-electron chi connectivity index (χ3n) is 4.16. The highest BCUT2D eigenvalue weighted by Gasteiger charge is 2.19. The fourth-order valence-electron chi connectivity index (χ4n) is 2.83. The summed E-state index contributed by atoms with van der Waals surface area (Å²) in [5.41, 5.74) is -0.0292. The van der Waals surface area contributed by atoms with Crippen LogP contribution < -0.4 is 4.80 Å². The SMILES string of the molecule is CCOC(=O)Cn1c(=NC(=O)c2c(F)cccc2F)sc2cc(C(=O)OCC)ccc21. The van der Waals surface area contributed by atoms with Gasteiger partial charge >= 0.3 is 11.9 Å². The van der Waals surface area contributed by atoms with E-state index in [-0.39, 0.29) is 30.1 Å². The molecule has 0 fully saturated rings. The van der Waals surface area contributed by atoms with Crippen LogP contribution in [0.1, 0.15) is 34.6 Å². The second-order valence-electron chi connectivity index (χ2n) is 6.19. The molecular weight excluding hydrogens is 430 g/mol. The average Bonchev–Trinajstić information content (AvgIpc) is 3.04. The van der Waals surface area contributed by atoms with Crippen LogP contribution in [0.2, 0.25) is 0 Å². The molecule has 31 heavy (non-hydrogen) atoms. The lowest BCUT2D eigenvalue weighted by atomic mass is 10.2. The molecule has 0 saturated heterocycles. The van der Waals surface area contributed by atoms with Crippen molar-refractivity contribution in [3.8, 4) is 0 Å². The molecule has 1 heterocycles. The molecule has 0 bridgehead atoms. The third kappa shape index (κ3) is 4.85. The zero-order chi connectivity index (χ0) is 22.5. The van der Waals surface area contributed by atoms with Gasteiger partial charge in [0.05, 0.1) is 29.0 Å². The second-order valence-corrected chi connectivity index (χ2v) is 7.20. The zero-order valence-corrected chi connectivity index (χ0v) is 17.5. The van der Waals surface area contributed by atoms with Crippen molar-refractivity contribution in [2.75, 3.05) is 13.2 Å². The monoisotopic (exact) mass is 448 g/mol. The third-order valence-corrected chi connectivity index (χ3v) is 5.20. The summed E-state index contributed by atoms with van der Waals surface area (Å²) in [5, 5.41) is 0. The number of hydrogen-bond donors (Lipinski definition) is 0. The number of hydrogen-bond acceptors (Lipinski definition) is 6. The minimum atomic E-state index is -1.13. The molecule has 1 aromatic heterocycles. The van der Waals surface area contributed by atoms with E-state index in [4.69, 9.17) is 9.47 Å². The molecule has 0 aliphatic carbocycles. The Morgan fingerprint density at radius 1 is 1.03 bits per heavy atom. The molecule has 0 unspecified atom stereocenters. The number of carbonyl (C=O) groups excluding carboxylic acids is 3. The minimum absolute atomic E-state index is 0.0247. The first-order chi connectivity index (χ1) is 14.8. The molecule has 0 aliphatic heterocycles. The number of rotatable bonds is 6. The summed E-state index contributed by atoms with van der Waals surface area (Å²) in [6.45, 7) is 3.40. The summed E-state index contributed by atoms with van der Waals surface area (Å²) in [5.74, 6) is -4.33. The largest absolute Gasteiger partial charge is 0.465 e. The van der Waals surface area contributed by atoms with Gasteiger partial charge in [0.2, 0.25) is 0 Å². The average molecular weight is 448 g/mol. The minimum Gasteiger partial charge on any atom is -0.465 e. The highest BCUT2D eigenvalue weighted by molar-refractivity contribution is 7.16. The number of amides is 1. The fourth-order valence-corrected chi connectivity index (χ4v) is 3.90. The Balaban J connectivity index is 2.15. The van der Waals surface area contributed by atoms with Crippen molar-refractivity contribution in [2.45, 2.75) is 20.4 Å². The molecule has 0 radical (unpaired) electrons. The van der Waals surface area contributed by atoms with E-state index < -0.39 is 35.0 Å². The van der Waals surface area contributed by atoms with Gasteiger partial charge in [-0.1, -0.05) is 17.4 Å². The molecule has 0 aliphatic rings. The number of halogens is 2. The lowest BCUT2D eigenvalue weighted by Gasteiger charge is -2.06. The molecule has 2 aromatic carbocycles. The van der Waals surface area contributed by atoms with E-state index in [0.717, 1.165) is 29.5 Å². The van der Waals surface area contributed by atoms with E-state index in [0.29, 0.717) is 10.2 Å². The van der Waals surface area contributed by atoms with Crippen LogP contribution in [-0.2, 0) is 20.8 Å². The van der Waals surface area contributed by atoms with Crippen molar-refractivity contribution in [3.05, 3.63) is 64.0 Å². The molecule has 1 amide bonds. The van der Waals surface area contributed by atoms with Gasteiger partial charge in [0.1, 0.15) is 23.7 Å². The van der Waals surface area contributed by atoms with E-state index in [2.05, 4.69) is 4.99 Å². The Morgan fingerprint density at radius 2 is 1.71 bits per heavy atom. The molecule has 10 heteroatoms. The molecule has 0 spiro atoms. The number of benzene rings is 2. The Kier molecular flexibility index (Phi) is 6.91. The van der Waals surface area contributed by atoms with Crippen LogP contribution in [-0.4, -0.2) is 35.6 Å². The quantitative estimate of drug-likeness (QED) is 0.539. The van der Waals surface area contributed by atoms with E-state index >= 15 is 0 Å². The summed E-state index contributed by atoms with van der Waals surface area (Å²) in [7, 11) is 0. The maximum atomic E-state index is 14.0. The first-order valence-corrected chi connectivity index (χ1v) is 10.2. The van der Waals surface area contributed by atoms with Gasteiger partial charge in [-0.25, -0.2) is 13.6 Å². The number of aromatic nitrogens is 1. The summed E-state index contributed by atoms with van der Waals surface area (Å²) < 4.78 is 39.8. The maximum Gasteiger partial charge on any atom is 0.338 e. The first kappa shape index (κ1) is 22.3. The summed E-state index contributed by atoms with van der Waals surface area (Å²) in [6, 6.07) is 7.66. The van der Waals surface area contributed by atoms with Crippen LogP contribution in [0.15, 0.2) is 41.4 Å². The van der Waals surface area contributed by atoms with E-state index in [1.165, 1.54) is 16.7 Å². The second kappa shape index (κ2) is 9.61. The van der Waals surface area contributed by atoms with Crippen molar-refractivity contribution in [1.82, 2.24) is 4.57 Å². The van der Waals surface area contributed by atoms with Crippen LogP contribution in [0.3, 0.4) is 0 Å². The number of nitrogens with zero attached hydrogens (tertiary/aromatic N) is 2. The Labute approximate surface area is 179 Å². The summed E-state index contributed by atoms with van der Waals surface area (Å²) in [6.07, 6.45) is 0. The van der Waals surface area contributed by atoms with Crippen molar-refractivity contribution in [1.29, 1.82) is 0 Å². The van der Waals surface area contributed by atoms with Gasteiger partial charge in [-0.3, -0.25) is 9.59 Å². The molecule has 7 nitrogen and oxygen atoms in total. The number of esters is 2. The maximum absolute atomic E-state index is 14.0. The molecule has 0 atom stereocenters. The van der Waals surface area contributed by atoms with Crippen LogP contribution in [0, 0.1) is 11.6 Å². The van der Waals surface area contributed by atoms with Gasteiger partial charge < -0.3 is 14.0 Å². The van der Waals surface area contributed by atoms with Gasteiger partial charge in [0.15, 0.2) is 4.80 Å². The van der Waals surface area contributed by atoms with Crippen molar-refractivity contribution in [2.24, 2.45) is 4.99 Å². The van der Waals surface area contributed by atoms with Crippen LogP contribution >= 0.6 is 11.3 Å². The molecule has 162 valence electrons. The Bertz CT molecular complexity index is 1210. The van der Waals surface area contributed by atoms with Gasteiger partial charge in [-0.2, -0.15) is 4.99 Å². The van der Waals surface area contributed by atoms with Gasteiger partial charge in [-0.15, -0.1) is 0 Å². The number of fused-ring (bicyclic) bond motifs is 1. The zero-order valence-electron chi connectivity index (χ0n) is 16.7. The van der Waals surface area contributed by atoms with Gasteiger partial charge in [0, 0.05) is 0 Å². The molecule has 0 saturated carbocycles. The fraction of sp³-hybridized carbons (Fsp3) is 0.238.